The van der Waals surface area contributed by atoms with E-state index in [0.29, 0.717) is 5.25 Å². The molecule has 1 rings (SSSR count). The van der Waals surface area contributed by atoms with E-state index in [1.54, 1.807) is 0 Å². The van der Waals surface area contributed by atoms with Gasteiger partial charge in [0.05, 0.1) is 0 Å². The standard InChI is InChI=1S/C13H21NOS/c1-10(2)16-12-6-4-11(5-7-12)13(14-3)8-9-15/h4-7,10,13-15H,8-9H2,1-3H3. The molecule has 90 valence electrons. The molecule has 0 aliphatic heterocycles. The average molecular weight is 239 g/mol. The van der Waals surface area contributed by atoms with Crippen LogP contribution in [0.4, 0.5) is 0 Å². The van der Waals surface area contributed by atoms with Crippen molar-refractivity contribution in [3.8, 4) is 0 Å². The lowest BCUT2D eigenvalue weighted by atomic mass is 10.0. The summed E-state index contributed by atoms with van der Waals surface area (Å²) in [6.45, 7) is 4.61. The van der Waals surface area contributed by atoms with Crippen LogP contribution >= 0.6 is 11.8 Å². The Morgan fingerprint density at radius 1 is 1.25 bits per heavy atom. The van der Waals surface area contributed by atoms with E-state index in [9.17, 15) is 0 Å². The monoisotopic (exact) mass is 239 g/mol. The molecule has 0 amide bonds. The predicted octanol–water partition coefficient (Wildman–Crippen LogP) is 2.83. The molecule has 0 spiro atoms. The van der Waals surface area contributed by atoms with E-state index in [-0.39, 0.29) is 12.6 Å². The molecule has 0 aliphatic rings. The number of thioether (sulfide) groups is 1. The predicted molar refractivity (Wildman–Crippen MR) is 70.9 cm³/mol. The summed E-state index contributed by atoms with van der Waals surface area (Å²) in [5, 5.41) is 12.8. The molecule has 0 bridgehead atoms. The zero-order valence-electron chi connectivity index (χ0n) is 10.2. The summed E-state index contributed by atoms with van der Waals surface area (Å²) in [5.41, 5.74) is 1.24. The van der Waals surface area contributed by atoms with Gasteiger partial charge < -0.3 is 10.4 Å². The third-order valence-corrected chi connectivity index (χ3v) is 3.44. The van der Waals surface area contributed by atoms with Crippen LogP contribution in [-0.2, 0) is 0 Å². The number of nitrogens with one attached hydrogen (secondary N) is 1. The van der Waals surface area contributed by atoms with Crippen LogP contribution in [0.15, 0.2) is 29.2 Å². The Balaban J connectivity index is 2.69. The Hall–Kier alpha value is -0.510. The zero-order valence-corrected chi connectivity index (χ0v) is 11.1. The zero-order chi connectivity index (χ0) is 12.0. The number of hydrogen-bond donors (Lipinski definition) is 2. The lowest BCUT2D eigenvalue weighted by molar-refractivity contribution is 0.269. The van der Waals surface area contributed by atoms with Gasteiger partial charge in [-0.2, -0.15) is 0 Å². The molecule has 0 saturated carbocycles. The molecular weight excluding hydrogens is 218 g/mol. The highest BCUT2D eigenvalue weighted by atomic mass is 32.2. The van der Waals surface area contributed by atoms with E-state index in [0.717, 1.165) is 6.42 Å². The SMILES string of the molecule is CNC(CCO)c1ccc(SC(C)C)cc1. The number of benzene rings is 1. The summed E-state index contributed by atoms with van der Waals surface area (Å²) in [7, 11) is 1.93. The van der Waals surface area contributed by atoms with Gasteiger partial charge >= 0.3 is 0 Å². The van der Waals surface area contributed by atoms with E-state index >= 15 is 0 Å². The second-order valence-electron chi connectivity index (χ2n) is 4.09. The van der Waals surface area contributed by atoms with Crippen molar-refractivity contribution in [3.63, 3.8) is 0 Å². The largest absolute Gasteiger partial charge is 0.396 e. The smallest absolute Gasteiger partial charge is 0.0449 e. The summed E-state index contributed by atoms with van der Waals surface area (Å²) in [5.74, 6) is 0. The maximum Gasteiger partial charge on any atom is 0.0449 e. The van der Waals surface area contributed by atoms with Crippen LogP contribution in [0.1, 0.15) is 31.9 Å². The van der Waals surface area contributed by atoms with Crippen LogP contribution in [0.25, 0.3) is 0 Å². The van der Waals surface area contributed by atoms with Gasteiger partial charge in [0.1, 0.15) is 0 Å². The minimum Gasteiger partial charge on any atom is -0.396 e. The van der Waals surface area contributed by atoms with Crippen molar-refractivity contribution in [2.45, 2.75) is 36.5 Å². The summed E-state index contributed by atoms with van der Waals surface area (Å²) < 4.78 is 0. The highest BCUT2D eigenvalue weighted by Gasteiger charge is 2.08. The van der Waals surface area contributed by atoms with Gasteiger partial charge in [0, 0.05) is 22.8 Å². The fourth-order valence-electron chi connectivity index (χ4n) is 1.66. The van der Waals surface area contributed by atoms with Gasteiger partial charge in [-0.3, -0.25) is 0 Å². The van der Waals surface area contributed by atoms with Crippen LogP contribution in [0.3, 0.4) is 0 Å². The number of rotatable bonds is 6. The molecular formula is C13H21NOS. The summed E-state index contributed by atoms with van der Waals surface area (Å²) >= 11 is 1.87. The van der Waals surface area contributed by atoms with E-state index in [4.69, 9.17) is 5.11 Å². The molecule has 0 saturated heterocycles. The molecule has 0 radical (unpaired) electrons. The Bertz CT molecular complexity index is 297. The van der Waals surface area contributed by atoms with Gasteiger partial charge in [0.15, 0.2) is 0 Å². The molecule has 2 nitrogen and oxygen atoms in total. The van der Waals surface area contributed by atoms with Gasteiger partial charge in [0.2, 0.25) is 0 Å². The van der Waals surface area contributed by atoms with E-state index in [1.807, 2.05) is 18.8 Å². The minimum absolute atomic E-state index is 0.216. The summed E-state index contributed by atoms with van der Waals surface area (Å²) in [6, 6.07) is 8.84. The van der Waals surface area contributed by atoms with Gasteiger partial charge in [-0.1, -0.05) is 26.0 Å². The second kappa shape index (κ2) is 6.94. The molecule has 0 aromatic heterocycles. The van der Waals surface area contributed by atoms with Gasteiger partial charge in [-0.15, -0.1) is 11.8 Å². The van der Waals surface area contributed by atoms with Crippen LogP contribution in [0.5, 0.6) is 0 Å². The van der Waals surface area contributed by atoms with E-state index in [1.165, 1.54) is 10.5 Å². The first kappa shape index (κ1) is 13.6. The molecule has 16 heavy (non-hydrogen) atoms. The van der Waals surface area contributed by atoms with Gasteiger partial charge in [-0.05, 0) is 31.2 Å². The molecule has 0 fully saturated rings. The van der Waals surface area contributed by atoms with Crippen molar-refractivity contribution in [3.05, 3.63) is 29.8 Å². The van der Waals surface area contributed by atoms with Crippen molar-refractivity contribution in [2.75, 3.05) is 13.7 Å². The van der Waals surface area contributed by atoms with E-state index in [2.05, 4.69) is 43.4 Å². The Morgan fingerprint density at radius 3 is 2.31 bits per heavy atom. The Morgan fingerprint density at radius 2 is 1.88 bits per heavy atom. The lowest BCUT2D eigenvalue weighted by Crippen LogP contribution is -2.17. The molecule has 0 aliphatic carbocycles. The Labute approximate surface area is 102 Å². The first-order valence-electron chi connectivity index (χ1n) is 5.72. The van der Waals surface area contributed by atoms with Crippen molar-refractivity contribution in [1.29, 1.82) is 0 Å². The van der Waals surface area contributed by atoms with Gasteiger partial charge in [-0.25, -0.2) is 0 Å². The number of hydrogen-bond acceptors (Lipinski definition) is 3. The van der Waals surface area contributed by atoms with Crippen molar-refractivity contribution in [1.82, 2.24) is 5.32 Å². The van der Waals surface area contributed by atoms with Crippen LogP contribution in [0.2, 0.25) is 0 Å². The second-order valence-corrected chi connectivity index (χ2v) is 5.74. The highest BCUT2D eigenvalue weighted by molar-refractivity contribution is 7.99. The lowest BCUT2D eigenvalue weighted by Gasteiger charge is -2.15. The minimum atomic E-state index is 0.216. The maximum atomic E-state index is 8.96. The number of aliphatic hydroxyl groups excluding tert-OH is 1. The third-order valence-electron chi connectivity index (χ3n) is 2.42. The van der Waals surface area contributed by atoms with Crippen molar-refractivity contribution in [2.24, 2.45) is 0 Å². The van der Waals surface area contributed by atoms with Gasteiger partial charge in [0.25, 0.3) is 0 Å². The third kappa shape index (κ3) is 4.16. The molecule has 0 heterocycles. The van der Waals surface area contributed by atoms with E-state index < -0.39 is 0 Å². The first-order valence-corrected chi connectivity index (χ1v) is 6.60. The topological polar surface area (TPSA) is 32.3 Å². The normalized spacial score (nSPS) is 13.1. The molecule has 2 N–H and O–H groups in total. The van der Waals surface area contributed by atoms with Crippen LogP contribution in [0, 0.1) is 0 Å². The van der Waals surface area contributed by atoms with Crippen LogP contribution in [-0.4, -0.2) is 24.0 Å². The maximum absolute atomic E-state index is 8.96. The summed E-state index contributed by atoms with van der Waals surface area (Å²) in [6.07, 6.45) is 0.757. The molecule has 3 heteroatoms. The first-order chi connectivity index (χ1) is 7.67. The molecule has 1 aromatic carbocycles. The van der Waals surface area contributed by atoms with Crippen molar-refractivity contribution < 1.29 is 5.11 Å². The summed E-state index contributed by atoms with van der Waals surface area (Å²) in [4.78, 5) is 1.30. The molecule has 1 atom stereocenters. The quantitative estimate of drug-likeness (QED) is 0.749. The molecule has 1 aromatic rings. The fraction of sp³-hybridized carbons (Fsp3) is 0.538. The highest BCUT2D eigenvalue weighted by Crippen LogP contribution is 2.25. The Kier molecular flexibility index (Phi) is 5.88. The fourth-order valence-corrected chi connectivity index (χ4v) is 2.50. The van der Waals surface area contributed by atoms with Crippen molar-refractivity contribution >= 4 is 11.8 Å². The average Bonchev–Trinajstić information content (AvgIpc) is 2.26. The van der Waals surface area contributed by atoms with Crippen LogP contribution < -0.4 is 5.32 Å². The number of aliphatic hydroxyl groups is 1. The molecule has 1 unspecified atom stereocenters.